The zero-order chi connectivity index (χ0) is 12.1. The molecule has 2 atom stereocenters. The lowest BCUT2D eigenvalue weighted by molar-refractivity contribution is -0.127. The molecule has 1 N–H and O–H groups in total. The number of rotatable bonds is 2. The number of nitrogens with zero attached hydrogens (tertiary/aromatic N) is 1. The van der Waals surface area contributed by atoms with Gasteiger partial charge in [0.1, 0.15) is 0 Å². The van der Waals surface area contributed by atoms with E-state index in [2.05, 4.69) is 5.32 Å². The highest BCUT2D eigenvalue weighted by molar-refractivity contribution is 7.89. The molecule has 0 saturated carbocycles. The van der Waals surface area contributed by atoms with Crippen LogP contribution < -0.4 is 5.32 Å². The Labute approximate surface area is 95.6 Å². The van der Waals surface area contributed by atoms with Crippen molar-refractivity contribution in [1.82, 2.24) is 9.62 Å². The number of fused-ring (bicyclic) bond motifs is 1. The van der Waals surface area contributed by atoms with E-state index >= 15 is 0 Å². The molecule has 0 aromatic carbocycles. The van der Waals surface area contributed by atoms with Crippen molar-refractivity contribution < 1.29 is 13.2 Å². The summed E-state index contributed by atoms with van der Waals surface area (Å²) in [7, 11) is -3.50. The molecule has 5 nitrogen and oxygen atoms in total. The maximum absolute atomic E-state index is 12.1. The number of carbonyl (C=O) groups is 1. The molecule has 2 aliphatic rings. The maximum Gasteiger partial charge on any atom is 0.245 e. The number of amides is 1. The summed E-state index contributed by atoms with van der Waals surface area (Å²) in [6.45, 7) is 4.50. The summed E-state index contributed by atoms with van der Waals surface area (Å²) in [5, 5.41) is 3.16. The maximum atomic E-state index is 12.1. The molecule has 1 saturated heterocycles. The van der Waals surface area contributed by atoms with Crippen molar-refractivity contribution in [3.05, 3.63) is 11.8 Å². The Morgan fingerprint density at radius 1 is 1.50 bits per heavy atom. The Balaban J connectivity index is 2.47. The third-order valence-corrected chi connectivity index (χ3v) is 4.15. The second kappa shape index (κ2) is 3.56. The van der Waals surface area contributed by atoms with E-state index in [-0.39, 0.29) is 23.8 Å². The third-order valence-electron chi connectivity index (χ3n) is 3.10. The fourth-order valence-corrected chi connectivity index (χ4v) is 3.49. The van der Waals surface area contributed by atoms with Gasteiger partial charge in [0.05, 0.1) is 23.9 Å². The first-order chi connectivity index (χ1) is 7.34. The second-order valence-corrected chi connectivity index (χ2v) is 6.48. The molecule has 16 heavy (non-hydrogen) atoms. The van der Waals surface area contributed by atoms with Gasteiger partial charge >= 0.3 is 0 Å². The first kappa shape index (κ1) is 11.6. The average Bonchev–Trinajstić information content (AvgIpc) is 2.58. The van der Waals surface area contributed by atoms with E-state index in [1.165, 1.54) is 0 Å². The molecular formula is C10H16N2O3S. The van der Waals surface area contributed by atoms with Gasteiger partial charge in [-0.15, -0.1) is 0 Å². The smallest absolute Gasteiger partial charge is 0.245 e. The van der Waals surface area contributed by atoms with Gasteiger partial charge in [-0.25, -0.2) is 12.7 Å². The minimum Gasteiger partial charge on any atom is -0.304 e. The molecule has 2 heterocycles. The predicted molar refractivity (Wildman–Crippen MR) is 59.9 cm³/mol. The summed E-state index contributed by atoms with van der Waals surface area (Å²) < 4.78 is 24.1. The Morgan fingerprint density at radius 2 is 2.12 bits per heavy atom. The van der Waals surface area contributed by atoms with E-state index in [4.69, 9.17) is 0 Å². The molecule has 0 unspecified atom stereocenters. The Bertz CT molecular complexity index is 453. The Morgan fingerprint density at radius 3 is 2.62 bits per heavy atom. The number of sulfonamides is 1. The van der Waals surface area contributed by atoms with Gasteiger partial charge in [-0.3, -0.25) is 4.79 Å². The molecule has 0 aromatic heterocycles. The van der Waals surface area contributed by atoms with Crippen molar-refractivity contribution in [2.45, 2.75) is 19.9 Å². The largest absolute Gasteiger partial charge is 0.304 e. The molecule has 2 rings (SSSR count). The molecule has 0 bridgehead atoms. The van der Waals surface area contributed by atoms with E-state index in [0.29, 0.717) is 12.2 Å². The summed E-state index contributed by atoms with van der Waals surface area (Å²) in [6.07, 6.45) is 2.86. The van der Waals surface area contributed by atoms with Crippen LogP contribution in [-0.4, -0.2) is 37.5 Å². The number of nitrogens with one attached hydrogen (secondary N) is 1. The van der Waals surface area contributed by atoms with Crippen molar-refractivity contribution >= 4 is 15.9 Å². The fraction of sp³-hybridized carbons (Fsp3) is 0.700. The van der Waals surface area contributed by atoms with Crippen LogP contribution in [0.3, 0.4) is 0 Å². The SMILES string of the molecule is CC(C)[C@@H]1C(=O)N(S(C)(=O)=O)C2=CCN[C@H]21. The van der Waals surface area contributed by atoms with Crippen LogP contribution in [-0.2, 0) is 14.8 Å². The van der Waals surface area contributed by atoms with Crippen molar-refractivity contribution in [2.24, 2.45) is 11.8 Å². The molecule has 6 heteroatoms. The van der Waals surface area contributed by atoms with Crippen molar-refractivity contribution in [3.8, 4) is 0 Å². The van der Waals surface area contributed by atoms with Crippen LogP contribution in [0.15, 0.2) is 11.8 Å². The van der Waals surface area contributed by atoms with Gasteiger partial charge in [-0.05, 0) is 12.0 Å². The van der Waals surface area contributed by atoms with Crippen molar-refractivity contribution in [2.75, 3.05) is 12.8 Å². The van der Waals surface area contributed by atoms with Crippen molar-refractivity contribution in [1.29, 1.82) is 0 Å². The summed E-state index contributed by atoms with van der Waals surface area (Å²) in [5.74, 6) is -0.456. The topological polar surface area (TPSA) is 66.5 Å². The molecule has 1 amide bonds. The quantitative estimate of drug-likeness (QED) is 0.737. The molecular weight excluding hydrogens is 228 g/mol. The minimum absolute atomic E-state index is 0.123. The van der Waals surface area contributed by atoms with Gasteiger partial charge in [0.15, 0.2) is 0 Å². The monoisotopic (exact) mass is 244 g/mol. The van der Waals surface area contributed by atoms with Crippen LogP contribution in [0.4, 0.5) is 0 Å². The Hall–Kier alpha value is -0.880. The summed E-state index contributed by atoms with van der Waals surface area (Å²) in [4.78, 5) is 12.1. The first-order valence-corrected chi connectivity index (χ1v) is 7.16. The zero-order valence-electron chi connectivity index (χ0n) is 9.60. The van der Waals surface area contributed by atoms with Gasteiger partial charge in [0.25, 0.3) is 0 Å². The summed E-state index contributed by atoms with van der Waals surface area (Å²) in [6, 6.07) is -0.137. The van der Waals surface area contributed by atoms with Crippen LogP contribution in [0.25, 0.3) is 0 Å². The number of hydrogen-bond acceptors (Lipinski definition) is 4. The highest BCUT2D eigenvalue weighted by Gasteiger charge is 2.50. The van der Waals surface area contributed by atoms with Crippen LogP contribution >= 0.6 is 0 Å². The van der Waals surface area contributed by atoms with Crippen LogP contribution in [0.2, 0.25) is 0 Å². The lowest BCUT2D eigenvalue weighted by Crippen LogP contribution is -2.36. The fourth-order valence-electron chi connectivity index (χ4n) is 2.47. The van der Waals surface area contributed by atoms with Crippen molar-refractivity contribution in [3.63, 3.8) is 0 Å². The normalized spacial score (nSPS) is 29.9. The molecule has 0 aliphatic carbocycles. The molecule has 90 valence electrons. The first-order valence-electron chi connectivity index (χ1n) is 5.31. The highest BCUT2D eigenvalue weighted by atomic mass is 32.2. The molecule has 0 radical (unpaired) electrons. The molecule has 0 spiro atoms. The predicted octanol–water partition coefficient (Wildman–Crippen LogP) is -0.0839. The van der Waals surface area contributed by atoms with E-state index in [1.807, 2.05) is 13.8 Å². The second-order valence-electron chi connectivity index (χ2n) is 4.65. The van der Waals surface area contributed by atoms with Crippen LogP contribution in [0.1, 0.15) is 13.8 Å². The van der Waals surface area contributed by atoms with Gasteiger partial charge in [-0.2, -0.15) is 0 Å². The van der Waals surface area contributed by atoms with Gasteiger partial charge in [-0.1, -0.05) is 13.8 Å². The minimum atomic E-state index is -3.50. The van der Waals surface area contributed by atoms with Gasteiger partial charge in [0.2, 0.25) is 15.9 Å². The summed E-state index contributed by atoms with van der Waals surface area (Å²) in [5.41, 5.74) is 0.603. The van der Waals surface area contributed by atoms with E-state index in [1.54, 1.807) is 6.08 Å². The number of carbonyl (C=O) groups excluding carboxylic acids is 1. The number of hydrogen-bond donors (Lipinski definition) is 1. The lowest BCUT2D eigenvalue weighted by atomic mass is 9.90. The molecule has 1 fully saturated rings. The highest BCUT2D eigenvalue weighted by Crippen LogP contribution is 2.36. The van der Waals surface area contributed by atoms with E-state index < -0.39 is 10.0 Å². The van der Waals surface area contributed by atoms with E-state index in [9.17, 15) is 13.2 Å². The average molecular weight is 244 g/mol. The molecule has 2 aliphatic heterocycles. The summed E-state index contributed by atoms with van der Waals surface area (Å²) >= 11 is 0. The van der Waals surface area contributed by atoms with Crippen LogP contribution in [0.5, 0.6) is 0 Å². The van der Waals surface area contributed by atoms with Crippen LogP contribution in [0, 0.1) is 11.8 Å². The van der Waals surface area contributed by atoms with Gasteiger partial charge < -0.3 is 5.32 Å². The lowest BCUT2D eigenvalue weighted by Gasteiger charge is -2.18. The molecule has 0 aromatic rings. The zero-order valence-corrected chi connectivity index (χ0v) is 10.4. The van der Waals surface area contributed by atoms with Gasteiger partial charge in [0, 0.05) is 6.54 Å². The standard InChI is InChI=1S/C10H16N2O3S/c1-6(2)8-9-7(4-5-11-9)12(10(8)13)16(3,14)15/h4,6,8-9,11H,5H2,1-3H3/t8-,9+/m0/s1. The Kier molecular flexibility index (Phi) is 2.58. The van der Waals surface area contributed by atoms with E-state index in [0.717, 1.165) is 10.6 Å². The third kappa shape index (κ3) is 1.56.